The van der Waals surface area contributed by atoms with Crippen LogP contribution in [0.2, 0.25) is 0 Å². The van der Waals surface area contributed by atoms with Crippen LogP contribution in [0.1, 0.15) is 11.1 Å². The van der Waals surface area contributed by atoms with E-state index in [1.54, 1.807) is 0 Å². The molecule has 1 aliphatic heterocycles. The third kappa shape index (κ3) is 5.17. The van der Waals surface area contributed by atoms with E-state index >= 15 is 0 Å². The molecular weight excluding hydrogens is 374 g/mol. The molecule has 30 heavy (non-hydrogen) atoms. The SMILES string of the molecule is CN(CC(=O)NCc1ccccc1CN1CCOCC1)c1ccc2ccccc2c1. The Labute approximate surface area is 178 Å². The lowest BCUT2D eigenvalue weighted by Gasteiger charge is -2.27. The summed E-state index contributed by atoms with van der Waals surface area (Å²) >= 11 is 0. The lowest BCUT2D eigenvalue weighted by Crippen LogP contribution is -2.37. The van der Waals surface area contributed by atoms with Crippen LogP contribution < -0.4 is 10.2 Å². The van der Waals surface area contributed by atoms with Gasteiger partial charge in [-0.25, -0.2) is 0 Å². The number of rotatable bonds is 7. The van der Waals surface area contributed by atoms with Crippen LogP contribution in [0.4, 0.5) is 5.69 Å². The zero-order valence-electron chi connectivity index (χ0n) is 17.5. The Kier molecular flexibility index (Phi) is 6.62. The molecule has 4 rings (SSSR count). The third-order valence-electron chi connectivity index (χ3n) is 5.65. The Morgan fingerprint density at radius 3 is 2.47 bits per heavy atom. The first-order valence-corrected chi connectivity index (χ1v) is 10.5. The zero-order valence-corrected chi connectivity index (χ0v) is 17.5. The molecule has 1 amide bonds. The topological polar surface area (TPSA) is 44.8 Å². The highest BCUT2D eigenvalue weighted by Crippen LogP contribution is 2.21. The minimum absolute atomic E-state index is 0.0202. The molecule has 0 saturated carbocycles. The van der Waals surface area contributed by atoms with E-state index in [4.69, 9.17) is 4.74 Å². The van der Waals surface area contributed by atoms with Crippen molar-refractivity contribution in [3.8, 4) is 0 Å². The Bertz CT molecular complexity index is 998. The number of ether oxygens (including phenoxy) is 1. The average molecular weight is 404 g/mol. The van der Waals surface area contributed by atoms with Gasteiger partial charge in [-0.3, -0.25) is 9.69 Å². The van der Waals surface area contributed by atoms with Gasteiger partial charge in [0.1, 0.15) is 0 Å². The minimum Gasteiger partial charge on any atom is -0.379 e. The predicted molar refractivity (Wildman–Crippen MR) is 122 cm³/mol. The number of carbonyl (C=O) groups is 1. The van der Waals surface area contributed by atoms with Crippen molar-refractivity contribution in [1.29, 1.82) is 0 Å². The highest BCUT2D eigenvalue weighted by Gasteiger charge is 2.13. The van der Waals surface area contributed by atoms with E-state index in [0.717, 1.165) is 38.5 Å². The van der Waals surface area contributed by atoms with Gasteiger partial charge in [0.15, 0.2) is 0 Å². The molecule has 0 spiro atoms. The first-order valence-electron chi connectivity index (χ1n) is 10.5. The van der Waals surface area contributed by atoms with Crippen molar-refractivity contribution in [2.75, 3.05) is 44.8 Å². The average Bonchev–Trinajstić information content (AvgIpc) is 2.79. The highest BCUT2D eigenvalue weighted by atomic mass is 16.5. The number of benzene rings is 3. The lowest BCUT2D eigenvalue weighted by molar-refractivity contribution is -0.119. The second-order valence-electron chi connectivity index (χ2n) is 7.82. The summed E-state index contributed by atoms with van der Waals surface area (Å²) in [6, 6.07) is 22.9. The molecule has 0 aromatic heterocycles. The normalized spacial score (nSPS) is 14.6. The molecule has 3 aromatic rings. The van der Waals surface area contributed by atoms with E-state index in [0.29, 0.717) is 13.1 Å². The van der Waals surface area contributed by atoms with Gasteiger partial charge in [0, 0.05) is 38.9 Å². The summed E-state index contributed by atoms with van der Waals surface area (Å²) in [6.45, 7) is 5.26. The first-order chi connectivity index (χ1) is 14.7. The summed E-state index contributed by atoms with van der Waals surface area (Å²) < 4.78 is 5.44. The van der Waals surface area contributed by atoms with Crippen LogP contribution >= 0.6 is 0 Å². The number of carbonyl (C=O) groups excluding carboxylic acids is 1. The van der Waals surface area contributed by atoms with Crippen LogP contribution in [0, 0.1) is 0 Å². The fraction of sp³-hybridized carbons (Fsp3) is 0.320. The van der Waals surface area contributed by atoms with Crippen molar-refractivity contribution in [2.45, 2.75) is 13.1 Å². The largest absolute Gasteiger partial charge is 0.379 e. The van der Waals surface area contributed by atoms with E-state index in [2.05, 4.69) is 58.7 Å². The summed E-state index contributed by atoms with van der Waals surface area (Å²) in [5.74, 6) is 0.0202. The molecular formula is C25H29N3O2. The van der Waals surface area contributed by atoms with Crippen LogP contribution in [0.5, 0.6) is 0 Å². The van der Waals surface area contributed by atoms with Crippen LogP contribution in [-0.2, 0) is 22.6 Å². The quantitative estimate of drug-likeness (QED) is 0.657. The molecule has 5 nitrogen and oxygen atoms in total. The van der Waals surface area contributed by atoms with E-state index in [1.807, 2.05) is 30.1 Å². The summed E-state index contributed by atoms with van der Waals surface area (Å²) in [5.41, 5.74) is 3.48. The van der Waals surface area contributed by atoms with Crippen LogP contribution in [0.15, 0.2) is 66.7 Å². The number of hydrogen-bond donors (Lipinski definition) is 1. The van der Waals surface area contributed by atoms with E-state index in [9.17, 15) is 4.79 Å². The molecule has 1 N–H and O–H groups in total. The monoisotopic (exact) mass is 403 g/mol. The molecule has 0 atom stereocenters. The van der Waals surface area contributed by atoms with Crippen LogP contribution in [0.3, 0.4) is 0 Å². The van der Waals surface area contributed by atoms with Gasteiger partial charge in [-0.1, -0.05) is 54.6 Å². The molecule has 156 valence electrons. The molecule has 1 aliphatic rings. The fourth-order valence-electron chi connectivity index (χ4n) is 3.85. The lowest BCUT2D eigenvalue weighted by atomic mass is 10.1. The smallest absolute Gasteiger partial charge is 0.239 e. The maximum atomic E-state index is 12.6. The number of nitrogens with zero attached hydrogens (tertiary/aromatic N) is 2. The van der Waals surface area contributed by atoms with Crippen LogP contribution in [0.25, 0.3) is 10.8 Å². The van der Waals surface area contributed by atoms with Gasteiger partial charge in [-0.2, -0.15) is 0 Å². The summed E-state index contributed by atoms with van der Waals surface area (Å²) in [5, 5.41) is 5.48. The zero-order chi connectivity index (χ0) is 20.8. The van der Waals surface area contributed by atoms with Crippen molar-refractivity contribution in [3.05, 3.63) is 77.9 Å². The van der Waals surface area contributed by atoms with Crippen molar-refractivity contribution < 1.29 is 9.53 Å². The van der Waals surface area contributed by atoms with Crippen molar-refractivity contribution in [3.63, 3.8) is 0 Å². The molecule has 0 radical (unpaired) electrons. The summed E-state index contributed by atoms with van der Waals surface area (Å²) in [7, 11) is 1.95. The number of anilines is 1. The molecule has 5 heteroatoms. The molecule has 3 aromatic carbocycles. The second-order valence-corrected chi connectivity index (χ2v) is 7.82. The van der Waals surface area contributed by atoms with Gasteiger partial charge in [0.2, 0.25) is 5.91 Å². The highest BCUT2D eigenvalue weighted by molar-refractivity contribution is 5.87. The summed E-state index contributed by atoms with van der Waals surface area (Å²) in [4.78, 5) is 17.0. The molecule has 1 fully saturated rings. The molecule has 0 aliphatic carbocycles. The number of nitrogens with one attached hydrogen (secondary N) is 1. The second kappa shape index (κ2) is 9.74. The van der Waals surface area contributed by atoms with Gasteiger partial charge in [-0.05, 0) is 34.0 Å². The van der Waals surface area contributed by atoms with Gasteiger partial charge < -0.3 is 15.0 Å². The molecule has 0 unspecified atom stereocenters. The van der Waals surface area contributed by atoms with Gasteiger partial charge in [0.05, 0.1) is 19.8 Å². The van der Waals surface area contributed by atoms with E-state index < -0.39 is 0 Å². The Balaban J connectivity index is 1.34. The Morgan fingerprint density at radius 2 is 1.67 bits per heavy atom. The van der Waals surface area contributed by atoms with Crippen molar-refractivity contribution >= 4 is 22.4 Å². The Hall–Kier alpha value is -2.89. The number of hydrogen-bond acceptors (Lipinski definition) is 4. The molecule has 1 saturated heterocycles. The van der Waals surface area contributed by atoms with Crippen molar-refractivity contribution in [1.82, 2.24) is 10.2 Å². The van der Waals surface area contributed by atoms with E-state index in [-0.39, 0.29) is 5.91 Å². The maximum Gasteiger partial charge on any atom is 0.239 e. The molecule has 1 heterocycles. The number of morpholine rings is 1. The predicted octanol–water partition coefficient (Wildman–Crippen LogP) is 3.42. The number of likely N-dealkylation sites (N-methyl/N-ethyl adjacent to an activating group) is 1. The van der Waals surface area contributed by atoms with Gasteiger partial charge in [0.25, 0.3) is 0 Å². The maximum absolute atomic E-state index is 12.6. The minimum atomic E-state index is 0.0202. The van der Waals surface area contributed by atoms with Gasteiger partial charge >= 0.3 is 0 Å². The molecule has 0 bridgehead atoms. The third-order valence-corrected chi connectivity index (χ3v) is 5.65. The fourth-order valence-corrected chi connectivity index (χ4v) is 3.85. The van der Waals surface area contributed by atoms with Crippen molar-refractivity contribution in [2.24, 2.45) is 0 Å². The first kappa shape index (κ1) is 20.4. The Morgan fingerprint density at radius 1 is 0.967 bits per heavy atom. The van der Waals surface area contributed by atoms with Crippen LogP contribution in [-0.4, -0.2) is 50.7 Å². The standard InChI is InChI=1S/C25H29N3O2/c1-27(24-11-10-20-6-2-3-7-21(20)16-24)19-25(29)26-17-22-8-4-5-9-23(22)18-28-12-14-30-15-13-28/h2-11,16H,12-15,17-19H2,1H3,(H,26,29). The van der Waals surface area contributed by atoms with E-state index in [1.165, 1.54) is 21.9 Å². The number of amides is 1. The van der Waals surface area contributed by atoms with Gasteiger partial charge in [-0.15, -0.1) is 0 Å². The number of fused-ring (bicyclic) bond motifs is 1. The summed E-state index contributed by atoms with van der Waals surface area (Å²) in [6.07, 6.45) is 0.